The van der Waals surface area contributed by atoms with Crippen molar-refractivity contribution in [3.63, 3.8) is 0 Å². The first-order valence-corrected chi connectivity index (χ1v) is 16.6. The molecule has 0 saturated carbocycles. The van der Waals surface area contributed by atoms with Crippen LogP contribution in [0.1, 0.15) is 13.8 Å². The van der Waals surface area contributed by atoms with Crippen molar-refractivity contribution in [3.8, 4) is 0 Å². The van der Waals surface area contributed by atoms with Crippen molar-refractivity contribution >= 4 is 45.6 Å². The summed E-state index contributed by atoms with van der Waals surface area (Å²) in [6.45, 7) is 1.61. The van der Waals surface area contributed by atoms with E-state index in [1.165, 1.54) is 0 Å². The van der Waals surface area contributed by atoms with Gasteiger partial charge in [-0.15, -0.1) is 0 Å². The fraction of sp³-hybridized carbons (Fsp3) is 1.00. The van der Waals surface area contributed by atoms with Crippen LogP contribution >= 0.6 is 45.6 Å². The molecule has 0 bridgehead atoms. The fourth-order valence-corrected chi connectivity index (χ4v) is 5.29. The van der Waals surface area contributed by atoms with E-state index in [1.807, 2.05) is 0 Å². The van der Waals surface area contributed by atoms with Crippen LogP contribution in [-0.4, -0.2) is 75.0 Å². The highest BCUT2D eigenvalue weighted by atomic mass is 31.2. The Balaban J connectivity index is -0.000000364. The molecule has 0 aliphatic rings. The van der Waals surface area contributed by atoms with Crippen LogP contribution in [0.15, 0.2) is 0 Å². The highest BCUT2D eigenvalue weighted by Crippen LogP contribution is 2.60. The molecule has 0 unspecified atom stereocenters. The zero-order valence-electron chi connectivity index (χ0n) is 14.8. The van der Waals surface area contributed by atoms with E-state index in [0.717, 1.165) is 13.8 Å². The lowest BCUT2D eigenvalue weighted by atomic mass is 11.0. The van der Waals surface area contributed by atoms with E-state index in [1.54, 1.807) is 0 Å². The van der Waals surface area contributed by atoms with Crippen molar-refractivity contribution in [2.24, 2.45) is 5.73 Å². The van der Waals surface area contributed by atoms with E-state index < -0.39 is 61.9 Å². The van der Waals surface area contributed by atoms with E-state index in [0.29, 0.717) is 0 Å². The van der Waals surface area contributed by atoms with Gasteiger partial charge in [-0.3, -0.25) is 27.4 Å². The Kier molecular flexibility index (Phi) is 14.0. The molecule has 30 heavy (non-hydrogen) atoms. The Labute approximate surface area is 168 Å². The first kappa shape index (κ1) is 35.4. The van der Waals surface area contributed by atoms with E-state index in [2.05, 4.69) is 5.73 Å². The second-order valence-electron chi connectivity index (χ2n) is 5.21. The van der Waals surface area contributed by atoms with Gasteiger partial charge in [-0.25, -0.2) is 0 Å². The molecule has 0 aromatic carbocycles. The zero-order valence-corrected chi connectivity index (χ0v) is 20.2. The molecule has 0 aliphatic heterocycles. The molecule has 0 rings (SSSR count). The number of nitrogens with two attached hydrogens (primary N) is 1. The quantitative estimate of drug-likeness (QED) is 0.153. The zero-order chi connectivity index (χ0) is 25.7. The van der Waals surface area contributed by atoms with Gasteiger partial charge in [0.05, 0.1) is 0 Å². The van der Waals surface area contributed by atoms with Gasteiger partial charge in [0.15, 0.2) is 10.8 Å². The molecule has 0 radical (unpaired) electrons. The van der Waals surface area contributed by atoms with E-state index in [4.69, 9.17) is 58.7 Å². The van der Waals surface area contributed by atoms with E-state index in [-0.39, 0.29) is 0 Å². The Morgan fingerprint density at radius 3 is 0.567 bits per heavy atom. The third-order valence-corrected chi connectivity index (χ3v) is 13.3. The third-order valence-electron chi connectivity index (χ3n) is 2.64. The minimum atomic E-state index is -4.86. The first-order valence-electron chi connectivity index (χ1n) is 6.53. The van der Waals surface area contributed by atoms with Gasteiger partial charge < -0.3 is 64.5 Å². The highest BCUT2D eigenvalue weighted by Gasteiger charge is 2.40. The average molecular weight is 571 g/mol. The second kappa shape index (κ2) is 11.8. The molecule has 19 nitrogen and oxygen atoms in total. The molecule has 0 fully saturated rings. The molecule has 186 valence electrons. The van der Waals surface area contributed by atoms with Crippen LogP contribution < -0.4 is 5.73 Å². The van der Waals surface area contributed by atoms with Crippen LogP contribution in [0.5, 0.6) is 0 Å². The van der Waals surface area contributed by atoms with Crippen molar-refractivity contribution in [1.82, 2.24) is 0 Å². The predicted molar refractivity (Wildman–Crippen MR) is 99.2 cm³/mol. The Hall–Kier alpha value is 0.860. The van der Waals surface area contributed by atoms with Crippen molar-refractivity contribution in [2.75, 3.05) is 0 Å². The average Bonchev–Trinajstić information content (AvgIpc) is 2.40. The molecule has 0 spiro atoms. The van der Waals surface area contributed by atoms with Crippen molar-refractivity contribution < 1.29 is 86.1 Å². The molecule has 0 atom stereocenters. The van der Waals surface area contributed by atoms with Gasteiger partial charge in [0.2, 0.25) is 5.52 Å². The Bertz CT molecular complexity index is 641. The first-order chi connectivity index (χ1) is 12.5. The molecule has 0 aliphatic carbocycles. The SMILES string of the molecule is CC(P(=O)(O)O)P(=O)(O)O.CC(P(=O)(O)O)P(=O)(O)O.NC(P(=O)(O)O)P(=O)(O)O. The fourth-order valence-electron chi connectivity index (χ4n) is 0.588. The maximum Gasteiger partial charge on any atom is 0.354 e. The standard InChI is InChI=1S/2C2H8O6P2.CH7NO6P2/c2*1-2(9(3,4)5)10(6,7)8;2-1(9(3,4)5)10(6,7)8/h2*2H,1H3,(H2,3,4,5)(H2,6,7,8);1H,2H2,(H2,3,4,5)(H2,6,7,8). The molecule has 14 N–H and O–H groups in total. The van der Waals surface area contributed by atoms with Crippen LogP contribution in [-0.2, 0) is 27.4 Å². The molecule has 0 heterocycles. The summed E-state index contributed by atoms with van der Waals surface area (Å²) in [5.74, 6) is 0. The number of hydrogen-bond donors (Lipinski definition) is 13. The second-order valence-corrected chi connectivity index (χ2v) is 17.7. The Morgan fingerprint density at radius 2 is 0.567 bits per heavy atom. The largest absolute Gasteiger partial charge is 0.354 e. The summed E-state index contributed by atoms with van der Waals surface area (Å²) in [6, 6.07) is 0. The van der Waals surface area contributed by atoms with Crippen LogP contribution in [0.4, 0.5) is 0 Å². The highest BCUT2D eigenvalue weighted by molar-refractivity contribution is 7.71. The van der Waals surface area contributed by atoms with E-state index in [9.17, 15) is 27.4 Å². The van der Waals surface area contributed by atoms with Crippen LogP contribution in [0.25, 0.3) is 0 Å². The maximum atomic E-state index is 10.2. The Morgan fingerprint density at radius 1 is 0.433 bits per heavy atom. The number of rotatable bonds is 6. The van der Waals surface area contributed by atoms with Gasteiger partial charge in [-0.05, 0) is 13.8 Å². The lowest BCUT2D eigenvalue weighted by molar-refractivity contribution is 0.336. The monoisotopic (exact) mass is 571 g/mol. The van der Waals surface area contributed by atoms with Gasteiger partial charge in [0, 0.05) is 0 Å². The van der Waals surface area contributed by atoms with Crippen LogP contribution in [0.3, 0.4) is 0 Å². The summed E-state index contributed by atoms with van der Waals surface area (Å²) in [5.41, 5.74) is 2.10. The maximum absolute atomic E-state index is 10.2. The van der Waals surface area contributed by atoms with Gasteiger partial charge in [0.1, 0.15) is 0 Å². The summed E-state index contributed by atoms with van der Waals surface area (Å²) < 4.78 is 60.8. The molecule has 25 heteroatoms. The molecule has 0 aromatic heterocycles. The number of hydrogen-bond acceptors (Lipinski definition) is 7. The predicted octanol–water partition coefficient (Wildman–Crippen LogP) is -2.04. The van der Waals surface area contributed by atoms with Gasteiger partial charge in [-0.1, -0.05) is 0 Å². The third kappa shape index (κ3) is 16.5. The summed E-state index contributed by atoms with van der Waals surface area (Å²) in [5, 5.41) is -3.81. The summed E-state index contributed by atoms with van der Waals surface area (Å²) >= 11 is 0. The van der Waals surface area contributed by atoms with Crippen molar-refractivity contribution in [1.29, 1.82) is 0 Å². The normalized spacial score (nSPS) is 14.2. The lowest BCUT2D eigenvalue weighted by Gasteiger charge is -2.13. The molecule has 0 amide bonds. The molecule has 0 aromatic rings. The van der Waals surface area contributed by atoms with E-state index >= 15 is 0 Å². The van der Waals surface area contributed by atoms with Gasteiger partial charge in [0.25, 0.3) is 0 Å². The summed E-state index contributed by atoms with van der Waals surface area (Å²) in [4.78, 5) is 98.4. The van der Waals surface area contributed by atoms with Crippen molar-refractivity contribution in [2.45, 2.75) is 30.2 Å². The summed E-state index contributed by atoms with van der Waals surface area (Å²) in [6.07, 6.45) is 0. The molecular weight excluding hydrogens is 548 g/mol. The minimum Gasteiger partial charge on any atom is -0.324 e. The molecular formula is C5H23NO18P6. The smallest absolute Gasteiger partial charge is 0.324 e. The van der Waals surface area contributed by atoms with Crippen molar-refractivity contribution in [3.05, 3.63) is 0 Å². The topological polar surface area (TPSA) is 371 Å². The summed E-state index contributed by atoms with van der Waals surface area (Å²) in [7, 11) is -28.3. The minimum absolute atomic E-state index is 0.807. The van der Waals surface area contributed by atoms with Gasteiger partial charge >= 0.3 is 45.6 Å². The molecule has 0 saturated heterocycles. The van der Waals surface area contributed by atoms with Crippen LogP contribution in [0.2, 0.25) is 0 Å². The lowest BCUT2D eigenvalue weighted by Crippen LogP contribution is -2.19. The van der Waals surface area contributed by atoms with Crippen LogP contribution in [0, 0.1) is 0 Å². The van der Waals surface area contributed by atoms with Gasteiger partial charge in [-0.2, -0.15) is 0 Å².